The van der Waals surface area contributed by atoms with Crippen molar-refractivity contribution in [2.75, 3.05) is 13.1 Å². The van der Waals surface area contributed by atoms with Gasteiger partial charge in [0.05, 0.1) is 6.10 Å². The van der Waals surface area contributed by atoms with Gasteiger partial charge in [0.1, 0.15) is 0 Å². The third kappa shape index (κ3) is 10.5. The molecule has 15 heavy (non-hydrogen) atoms. The van der Waals surface area contributed by atoms with E-state index in [4.69, 9.17) is 11.1 Å². The van der Waals surface area contributed by atoms with E-state index in [0.717, 1.165) is 19.3 Å². The molecule has 0 bridgehead atoms. The van der Waals surface area contributed by atoms with Crippen LogP contribution in [0.1, 0.15) is 32.1 Å². The monoisotopic (exact) mass is 212 g/mol. The third-order valence-corrected chi connectivity index (χ3v) is 1.98. The second-order valence-electron chi connectivity index (χ2n) is 3.20. The van der Waals surface area contributed by atoms with Crippen molar-refractivity contribution in [2.24, 2.45) is 10.2 Å². The number of azide groups is 2. The summed E-state index contributed by atoms with van der Waals surface area (Å²) in [6.45, 7) is 0.863. The molecule has 0 saturated carbocycles. The van der Waals surface area contributed by atoms with Gasteiger partial charge in [0.15, 0.2) is 0 Å². The largest absolute Gasteiger partial charge is 0.393 e. The topological polar surface area (TPSA) is 118 Å². The Morgan fingerprint density at radius 3 is 2.27 bits per heavy atom. The zero-order valence-electron chi connectivity index (χ0n) is 8.66. The average molecular weight is 212 g/mol. The summed E-state index contributed by atoms with van der Waals surface area (Å²) in [5.74, 6) is 0. The maximum atomic E-state index is 9.41. The van der Waals surface area contributed by atoms with Crippen LogP contribution in [-0.4, -0.2) is 24.3 Å². The number of hydrogen-bond acceptors (Lipinski definition) is 3. The molecule has 1 N–H and O–H groups in total. The predicted molar refractivity (Wildman–Crippen MR) is 57.1 cm³/mol. The summed E-state index contributed by atoms with van der Waals surface area (Å²) in [5, 5.41) is 16.2. The molecule has 0 spiro atoms. The van der Waals surface area contributed by atoms with Crippen molar-refractivity contribution in [1.82, 2.24) is 0 Å². The third-order valence-electron chi connectivity index (χ3n) is 1.98. The van der Waals surface area contributed by atoms with Crippen molar-refractivity contribution >= 4 is 0 Å². The number of nitrogens with zero attached hydrogens (tertiary/aromatic N) is 6. The molecule has 1 atom stereocenters. The van der Waals surface area contributed by atoms with E-state index < -0.39 is 6.10 Å². The van der Waals surface area contributed by atoms with Crippen molar-refractivity contribution < 1.29 is 5.11 Å². The van der Waals surface area contributed by atoms with E-state index >= 15 is 0 Å². The SMILES string of the molecule is [N-]=[N+]=NCCCCC[C@H](O)CCN=[N+]=[N-]. The van der Waals surface area contributed by atoms with Crippen molar-refractivity contribution in [1.29, 1.82) is 0 Å². The molecule has 84 valence electrons. The molecule has 0 fully saturated rings. The zero-order chi connectivity index (χ0) is 11.4. The molecule has 0 aliphatic rings. The summed E-state index contributed by atoms with van der Waals surface area (Å²) in [4.78, 5) is 5.25. The van der Waals surface area contributed by atoms with Crippen LogP contribution in [0.25, 0.3) is 20.9 Å². The first kappa shape index (κ1) is 13.6. The highest BCUT2D eigenvalue weighted by atomic mass is 16.3. The molecule has 0 aliphatic heterocycles. The summed E-state index contributed by atoms with van der Waals surface area (Å²) in [6, 6.07) is 0. The lowest BCUT2D eigenvalue weighted by Crippen LogP contribution is -2.07. The van der Waals surface area contributed by atoms with E-state index in [-0.39, 0.29) is 0 Å². The minimum Gasteiger partial charge on any atom is -0.393 e. The molecular weight excluding hydrogens is 196 g/mol. The van der Waals surface area contributed by atoms with E-state index in [1.165, 1.54) is 0 Å². The molecule has 0 aromatic heterocycles. The van der Waals surface area contributed by atoms with Crippen LogP contribution in [0, 0.1) is 0 Å². The second-order valence-corrected chi connectivity index (χ2v) is 3.20. The molecule has 0 rings (SSSR count). The average Bonchev–Trinajstić information content (AvgIpc) is 2.23. The van der Waals surface area contributed by atoms with Crippen molar-refractivity contribution in [3.63, 3.8) is 0 Å². The van der Waals surface area contributed by atoms with Gasteiger partial charge >= 0.3 is 0 Å². The fourth-order valence-electron chi connectivity index (χ4n) is 1.18. The Morgan fingerprint density at radius 2 is 1.60 bits per heavy atom. The van der Waals surface area contributed by atoms with Gasteiger partial charge in [0, 0.05) is 22.9 Å². The Hall–Kier alpha value is -1.42. The van der Waals surface area contributed by atoms with Crippen molar-refractivity contribution in [3.05, 3.63) is 20.9 Å². The predicted octanol–water partition coefficient (Wildman–Crippen LogP) is 2.92. The van der Waals surface area contributed by atoms with Crippen LogP contribution in [0.5, 0.6) is 0 Å². The van der Waals surface area contributed by atoms with Gasteiger partial charge in [-0.05, 0) is 30.3 Å². The molecule has 0 aromatic rings. The summed E-state index contributed by atoms with van der Waals surface area (Å²) in [5.41, 5.74) is 16.0. The highest BCUT2D eigenvalue weighted by Crippen LogP contribution is 2.06. The molecule has 7 heteroatoms. The van der Waals surface area contributed by atoms with E-state index in [0.29, 0.717) is 25.9 Å². The Balaban J connectivity index is 3.26. The first-order chi connectivity index (χ1) is 7.31. The van der Waals surface area contributed by atoms with Crippen LogP contribution >= 0.6 is 0 Å². The van der Waals surface area contributed by atoms with Crippen LogP contribution in [-0.2, 0) is 0 Å². The molecule has 0 saturated heterocycles. The van der Waals surface area contributed by atoms with Crippen molar-refractivity contribution in [3.8, 4) is 0 Å². The number of aliphatic hydroxyl groups excluding tert-OH is 1. The van der Waals surface area contributed by atoms with Gasteiger partial charge in [-0.3, -0.25) is 0 Å². The van der Waals surface area contributed by atoms with Gasteiger partial charge < -0.3 is 5.11 Å². The van der Waals surface area contributed by atoms with E-state index in [1.54, 1.807) is 0 Å². The van der Waals surface area contributed by atoms with E-state index in [2.05, 4.69) is 20.1 Å². The Bertz CT molecular complexity index is 244. The van der Waals surface area contributed by atoms with Crippen LogP contribution in [0.3, 0.4) is 0 Å². The number of aliphatic hydroxyl groups is 1. The molecule has 7 nitrogen and oxygen atoms in total. The van der Waals surface area contributed by atoms with Gasteiger partial charge in [-0.15, -0.1) is 0 Å². The van der Waals surface area contributed by atoms with Crippen LogP contribution in [0.4, 0.5) is 0 Å². The quantitative estimate of drug-likeness (QED) is 0.269. The Morgan fingerprint density at radius 1 is 0.933 bits per heavy atom. The first-order valence-corrected chi connectivity index (χ1v) is 5.01. The highest BCUT2D eigenvalue weighted by Gasteiger charge is 2.02. The maximum Gasteiger partial charge on any atom is 0.0541 e. The summed E-state index contributed by atoms with van der Waals surface area (Å²) < 4.78 is 0. The van der Waals surface area contributed by atoms with Crippen molar-refractivity contribution in [2.45, 2.75) is 38.2 Å². The fraction of sp³-hybridized carbons (Fsp3) is 1.00. The lowest BCUT2D eigenvalue weighted by Gasteiger charge is -2.07. The molecule has 0 aromatic carbocycles. The Kier molecular flexibility index (Phi) is 9.65. The lowest BCUT2D eigenvalue weighted by molar-refractivity contribution is 0.153. The van der Waals surface area contributed by atoms with Crippen LogP contribution < -0.4 is 0 Å². The zero-order valence-corrected chi connectivity index (χ0v) is 8.66. The molecular formula is C8H16N6O. The highest BCUT2D eigenvalue weighted by molar-refractivity contribution is 4.59. The van der Waals surface area contributed by atoms with Crippen LogP contribution in [0.15, 0.2) is 10.2 Å². The van der Waals surface area contributed by atoms with Crippen LogP contribution in [0.2, 0.25) is 0 Å². The fourth-order valence-corrected chi connectivity index (χ4v) is 1.18. The molecule has 0 amide bonds. The van der Waals surface area contributed by atoms with Gasteiger partial charge in [0.2, 0.25) is 0 Å². The lowest BCUT2D eigenvalue weighted by atomic mass is 10.1. The number of unbranched alkanes of at least 4 members (excludes halogenated alkanes) is 2. The second kappa shape index (κ2) is 10.7. The van der Waals surface area contributed by atoms with E-state index in [1.807, 2.05) is 0 Å². The summed E-state index contributed by atoms with van der Waals surface area (Å²) >= 11 is 0. The number of rotatable bonds is 9. The summed E-state index contributed by atoms with van der Waals surface area (Å²) in [6.07, 6.45) is 3.52. The van der Waals surface area contributed by atoms with Gasteiger partial charge in [0.25, 0.3) is 0 Å². The van der Waals surface area contributed by atoms with Gasteiger partial charge in [-0.2, -0.15) is 0 Å². The molecule has 0 unspecified atom stereocenters. The first-order valence-electron chi connectivity index (χ1n) is 5.01. The normalized spacial score (nSPS) is 11.3. The number of hydrogen-bond donors (Lipinski definition) is 1. The minimum atomic E-state index is -0.394. The molecule has 0 heterocycles. The van der Waals surface area contributed by atoms with Gasteiger partial charge in [-0.1, -0.05) is 23.1 Å². The maximum absolute atomic E-state index is 9.41. The standard InChI is InChI=1S/C8H16N6O/c9-13-11-6-3-1-2-4-8(15)5-7-12-14-10/h8,15H,1-7H2/t8-/m0/s1. The Labute approximate surface area is 88.4 Å². The smallest absolute Gasteiger partial charge is 0.0541 e. The molecule has 0 radical (unpaired) electrons. The summed E-state index contributed by atoms with van der Waals surface area (Å²) in [7, 11) is 0. The minimum absolute atomic E-state index is 0.344. The van der Waals surface area contributed by atoms with E-state index in [9.17, 15) is 5.11 Å². The van der Waals surface area contributed by atoms with Gasteiger partial charge in [-0.25, -0.2) is 0 Å². The molecule has 0 aliphatic carbocycles.